The van der Waals surface area contributed by atoms with Gasteiger partial charge < -0.3 is 16.2 Å². The third-order valence-electron chi connectivity index (χ3n) is 4.08. The summed E-state index contributed by atoms with van der Waals surface area (Å²) in [7, 11) is 0. The summed E-state index contributed by atoms with van der Waals surface area (Å²) in [6.45, 7) is 3.26. The second-order valence-electron chi connectivity index (χ2n) is 5.75. The highest BCUT2D eigenvalue weighted by Crippen LogP contribution is 2.25. The number of benzene rings is 1. The molecule has 0 saturated heterocycles. The van der Waals surface area contributed by atoms with Crippen molar-refractivity contribution in [3.63, 3.8) is 0 Å². The molecule has 116 valence electrons. The van der Waals surface area contributed by atoms with Gasteiger partial charge in [-0.2, -0.15) is 0 Å². The second kappa shape index (κ2) is 7.43. The first-order chi connectivity index (χ1) is 10.1. The molecule has 2 rings (SSSR count). The summed E-state index contributed by atoms with van der Waals surface area (Å²) in [5, 5.41) is 11.9. The average Bonchev–Trinajstić information content (AvgIpc) is 2.38. The molecular weight excluding hydrogens is 266 g/mol. The number of aliphatic hydroxyl groups excluding tert-OH is 1. The van der Waals surface area contributed by atoms with Crippen LogP contribution < -0.4 is 11.1 Å². The van der Waals surface area contributed by atoms with Crippen LogP contribution in [0.1, 0.15) is 31.2 Å². The zero-order chi connectivity index (χ0) is 15.2. The van der Waals surface area contributed by atoms with Crippen LogP contribution in [0.15, 0.2) is 18.2 Å². The number of carbonyl (C=O) groups excluding carboxylic acids is 1. The minimum Gasteiger partial charge on any atom is -0.399 e. The first-order valence-corrected chi connectivity index (χ1v) is 7.61. The van der Waals surface area contributed by atoms with Gasteiger partial charge in [0.1, 0.15) is 0 Å². The van der Waals surface area contributed by atoms with Crippen molar-refractivity contribution in [1.29, 1.82) is 0 Å². The number of aliphatic hydroxyl groups is 1. The van der Waals surface area contributed by atoms with Crippen LogP contribution in [0, 0.1) is 6.92 Å². The molecule has 1 saturated carbocycles. The number of anilines is 2. The highest BCUT2D eigenvalue weighted by Gasteiger charge is 2.26. The van der Waals surface area contributed by atoms with E-state index in [1.165, 1.54) is 6.42 Å². The number of carbonyl (C=O) groups is 1. The monoisotopic (exact) mass is 291 g/mol. The standard InChI is InChI=1S/C16H25N3O2/c1-12-6-7-13(17)10-15(12)18-16(21)11-19(8-3-9-20)14-4-2-5-14/h6-7,10,14,20H,2-5,8-9,11,17H2,1H3,(H,18,21). The predicted molar refractivity (Wildman–Crippen MR) is 85.1 cm³/mol. The second-order valence-corrected chi connectivity index (χ2v) is 5.75. The number of nitrogens with zero attached hydrogens (tertiary/aromatic N) is 1. The number of hydrogen-bond donors (Lipinski definition) is 3. The minimum absolute atomic E-state index is 0.0199. The predicted octanol–water partition coefficient (Wildman–Crippen LogP) is 1.75. The van der Waals surface area contributed by atoms with Gasteiger partial charge in [0.2, 0.25) is 5.91 Å². The zero-order valence-corrected chi connectivity index (χ0v) is 12.6. The van der Waals surface area contributed by atoms with Crippen molar-refractivity contribution in [2.24, 2.45) is 0 Å². The molecule has 1 aromatic carbocycles. The van der Waals surface area contributed by atoms with E-state index in [2.05, 4.69) is 10.2 Å². The first-order valence-electron chi connectivity index (χ1n) is 7.61. The van der Waals surface area contributed by atoms with Gasteiger partial charge in [-0.25, -0.2) is 0 Å². The van der Waals surface area contributed by atoms with E-state index in [0.29, 0.717) is 24.7 Å². The van der Waals surface area contributed by atoms with Crippen molar-refractivity contribution in [2.45, 2.75) is 38.6 Å². The quantitative estimate of drug-likeness (QED) is 0.669. The molecule has 0 atom stereocenters. The van der Waals surface area contributed by atoms with Crippen molar-refractivity contribution in [3.8, 4) is 0 Å². The average molecular weight is 291 g/mol. The molecule has 0 radical (unpaired) electrons. The molecule has 0 unspecified atom stereocenters. The Bertz CT molecular complexity index is 486. The van der Waals surface area contributed by atoms with E-state index < -0.39 is 0 Å². The Morgan fingerprint density at radius 3 is 2.86 bits per heavy atom. The highest BCUT2D eigenvalue weighted by molar-refractivity contribution is 5.93. The van der Waals surface area contributed by atoms with Gasteiger partial charge in [-0.3, -0.25) is 9.69 Å². The minimum atomic E-state index is -0.0199. The Balaban J connectivity index is 1.93. The fourth-order valence-corrected chi connectivity index (χ4v) is 2.56. The Hall–Kier alpha value is -1.59. The highest BCUT2D eigenvalue weighted by atomic mass is 16.3. The molecular formula is C16H25N3O2. The fourth-order valence-electron chi connectivity index (χ4n) is 2.56. The molecule has 0 bridgehead atoms. The zero-order valence-electron chi connectivity index (χ0n) is 12.6. The first kappa shape index (κ1) is 15.8. The maximum atomic E-state index is 12.2. The van der Waals surface area contributed by atoms with E-state index in [1.54, 1.807) is 6.07 Å². The van der Waals surface area contributed by atoms with Crippen molar-refractivity contribution in [1.82, 2.24) is 4.90 Å². The number of nitrogen functional groups attached to an aromatic ring is 1. The summed E-state index contributed by atoms with van der Waals surface area (Å²) in [5.41, 5.74) is 8.18. The molecule has 0 heterocycles. The number of nitrogens with two attached hydrogens (primary N) is 1. The fraction of sp³-hybridized carbons (Fsp3) is 0.562. The lowest BCUT2D eigenvalue weighted by atomic mass is 9.91. The molecule has 0 aromatic heterocycles. The summed E-state index contributed by atoms with van der Waals surface area (Å²) >= 11 is 0. The van der Waals surface area contributed by atoms with Crippen LogP contribution in [0.5, 0.6) is 0 Å². The number of rotatable bonds is 7. The SMILES string of the molecule is Cc1ccc(N)cc1NC(=O)CN(CCCO)C1CCC1. The van der Waals surface area contributed by atoms with Gasteiger partial charge in [-0.05, 0) is 43.9 Å². The number of amides is 1. The summed E-state index contributed by atoms with van der Waals surface area (Å²) in [5.74, 6) is -0.0199. The lowest BCUT2D eigenvalue weighted by molar-refractivity contribution is -0.118. The van der Waals surface area contributed by atoms with Gasteiger partial charge in [0, 0.05) is 30.6 Å². The summed E-state index contributed by atoms with van der Waals surface area (Å²) in [6, 6.07) is 6.01. The van der Waals surface area contributed by atoms with E-state index in [-0.39, 0.29) is 12.5 Å². The van der Waals surface area contributed by atoms with Gasteiger partial charge in [-0.15, -0.1) is 0 Å². The summed E-state index contributed by atoms with van der Waals surface area (Å²) in [6.07, 6.45) is 4.24. The molecule has 1 fully saturated rings. The number of nitrogens with one attached hydrogen (secondary N) is 1. The lowest BCUT2D eigenvalue weighted by Gasteiger charge is -2.37. The topological polar surface area (TPSA) is 78.6 Å². The maximum Gasteiger partial charge on any atom is 0.238 e. The smallest absolute Gasteiger partial charge is 0.238 e. The molecule has 0 spiro atoms. The summed E-state index contributed by atoms with van der Waals surface area (Å²) < 4.78 is 0. The Morgan fingerprint density at radius 1 is 1.48 bits per heavy atom. The largest absolute Gasteiger partial charge is 0.399 e. The molecule has 1 aromatic rings. The molecule has 4 N–H and O–H groups in total. The van der Waals surface area contributed by atoms with Crippen LogP contribution in [-0.2, 0) is 4.79 Å². The van der Waals surface area contributed by atoms with Gasteiger partial charge in [0.25, 0.3) is 0 Å². The Kier molecular flexibility index (Phi) is 5.59. The van der Waals surface area contributed by atoms with Crippen LogP contribution in [0.2, 0.25) is 0 Å². The van der Waals surface area contributed by atoms with Crippen LogP contribution >= 0.6 is 0 Å². The number of aryl methyl sites for hydroxylation is 1. The normalized spacial score (nSPS) is 15.0. The van der Waals surface area contributed by atoms with Crippen molar-refractivity contribution in [2.75, 3.05) is 30.7 Å². The molecule has 21 heavy (non-hydrogen) atoms. The maximum absolute atomic E-state index is 12.2. The lowest BCUT2D eigenvalue weighted by Crippen LogP contribution is -2.45. The Labute approximate surface area is 126 Å². The van der Waals surface area contributed by atoms with Crippen LogP contribution in [0.3, 0.4) is 0 Å². The molecule has 0 aliphatic heterocycles. The van der Waals surface area contributed by atoms with Gasteiger partial charge >= 0.3 is 0 Å². The molecule has 5 heteroatoms. The van der Waals surface area contributed by atoms with E-state index in [4.69, 9.17) is 10.8 Å². The molecule has 1 aliphatic rings. The van der Waals surface area contributed by atoms with Crippen LogP contribution in [0.25, 0.3) is 0 Å². The van der Waals surface area contributed by atoms with Gasteiger partial charge in [0.15, 0.2) is 0 Å². The number of hydrogen-bond acceptors (Lipinski definition) is 4. The van der Waals surface area contributed by atoms with Gasteiger partial charge in [-0.1, -0.05) is 12.5 Å². The van der Waals surface area contributed by atoms with E-state index in [0.717, 1.165) is 30.6 Å². The van der Waals surface area contributed by atoms with Crippen molar-refractivity contribution in [3.05, 3.63) is 23.8 Å². The van der Waals surface area contributed by atoms with E-state index in [1.807, 2.05) is 19.1 Å². The van der Waals surface area contributed by atoms with E-state index >= 15 is 0 Å². The third-order valence-corrected chi connectivity index (χ3v) is 4.08. The summed E-state index contributed by atoms with van der Waals surface area (Å²) in [4.78, 5) is 14.4. The van der Waals surface area contributed by atoms with Crippen LogP contribution in [0.4, 0.5) is 11.4 Å². The molecule has 5 nitrogen and oxygen atoms in total. The Morgan fingerprint density at radius 2 is 2.24 bits per heavy atom. The van der Waals surface area contributed by atoms with Gasteiger partial charge in [0.05, 0.1) is 6.54 Å². The molecule has 1 amide bonds. The van der Waals surface area contributed by atoms with Crippen molar-refractivity contribution >= 4 is 17.3 Å². The van der Waals surface area contributed by atoms with E-state index in [9.17, 15) is 4.79 Å². The molecule has 1 aliphatic carbocycles. The van der Waals surface area contributed by atoms with Crippen LogP contribution in [-0.4, -0.2) is 41.7 Å². The third kappa shape index (κ3) is 4.44. The van der Waals surface area contributed by atoms with Crippen molar-refractivity contribution < 1.29 is 9.90 Å².